The number of carbonyl (C=O) groups is 2. The molecule has 1 fully saturated rings. The summed E-state index contributed by atoms with van der Waals surface area (Å²) in [6, 6.07) is 6.33. The second-order valence-electron chi connectivity index (χ2n) is 6.35. The maximum atomic E-state index is 12.1. The lowest BCUT2D eigenvalue weighted by Gasteiger charge is -2.22. The first-order chi connectivity index (χ1) is 12.8. The van der Waals surface area contributed by atoms with Gasteiger partial charge in [0.1, 0.15) is 0 Å². The highest BCUT2D eigenvalue weighted by Gasteiger charge is 2.25. The summed E-state index contributed by atoms with van der Waals surface area (Å²) in [6.45, 7) is 3.02. The smallest absolute Gasteiger partial charge is 0.338 e. The zero-order valence-electron chi connectivity index (χ0n) is 15.6. The van der Waals surface area contributed by atoms with Gasteiger partial charge in [-0.2, -0.15) is 4.31 Å². The number of amides is 1. The Hall–Kier alpha value is -1.97. The molecular formula is C18H26N2O6S. The van der Waals surface area contributed by atoms with Gasteiger partial charge in [0, 0.05) is 31.8 Å². The molecule has 1 aliphatic rings. The van der Waals surface area contributed by atoms with Crippen molar-refractivity contribution in [3.8, 4) is 0 Å². The van der Waals surface area contributed by atoms with Crippen molar-refractivity contribution in [2.75, 3.05) is 37.9 Å². The second kappa shape index (κ2) is 9.82. The molecule has 1 unspecified atom stereocenters. The van der Waals surface area contributed by atoms with Crippen molar-refractivity contribution >= 4 is 27.6 Å². The summed E-state index contributed by atoms with van der Waals surface area (Å²) in [5.41, 5.74) is 0.924. The van der Waals surface area contributed by atoms with E-state index >= 15 is 0 Å². The number of nitrogens with zero attached hydrogens (tertiary/aromatic N) is 1. The summed E-state index contributed by atoms with van der Waals surface area (Å²) in [5, 5.41) is 2.70. The summed E-state index contributed by atoms with van der Waals surface area (Å²) < 4.78 is 35.5. The SMILES string of the molecule is CCOC(=O)c1ccc(NC(=O)CCN(CC2CCCO2)S(C)(=O)=O)cc1. The van der Waals surface area contributed by atoms with Crippen molar-refractivity contribution in [1.82, 2.24) is 4.31 Å². The van der Waals surface area contributed by atoms with Crippen LogP contribution in [0.4, 0.5) is 5.69 Å². The average molecular weight is 398 g/mol. The van der Waals surface area contributed by atoms with Crippen LogP contribution in [0.1, 0.15) is 36.5 Å². The van der Waals surface area contributed by atoms with Gasteiger partial charge in [-0.05, 0) is 44.0 Å². The number of nitrogens with one attached hydrogen (secondary N) is 1. The summed E-state index contributed by atoms with van der Waals surface area (Å²) in [7, 11) is -3.42. The third-order valence-corrected chi connectivity index (χ3v) is 5.44. The number of hydrogen-bond acceptors (Lipinski definition) is 6. The quantitative estimate of drug-likeness (QED) is 0.635. The first-order valence-corrected chi connectivity index (χ1v) is 10.8. The van der Waals surface area contributed by atoms with Crippen LogP contribution in [-0.2, 0) is 24.3 Å². The van der Waals surface area contributed by atoms with Gasteiger partial charge in [0.05, 0.1) is 24.5 Å². The van der Waals surface area contributed by atoms with E-state index in [-0.39, 0.29) is 31.5 Å². The van der Waals surface area contributed by atoms with E-state index in [9.17, 15) is 18.0 Å². The predicted octanol–water partition coefficient (Wildman–Crippen LogP) is 1.63. The first kappa shape index (κ1) is 21.3. The Balaban J connectivity index is 1.87. The molecule has 1 amide bonds. The number of esters is 1. The number of ether oxygens (including phenoxy) is 2. The van der Waals surface area contributed by atoms with Gasteiger partial charge in [0.15, 0.2) is 0 Å². The second-order valence-corrected chi connectivity index (χ2v) is 8.33. The lowest BCUT2D eigenvalue weighted by Crippen LogP contribution is -2.38. The topological polar surface area (TPSA) is 102 Å². The van der Waals surface area contributed by atoms with Gasteiger partial charge in [-0.15, -0.1) is 0 Å². The van der Waals surface area contributed by atoms with Crippen LogP contribution in [0.15, 0.2) is 24.3 Å². The number of benzene rings is 1. The number of anilines is 1. The van der Waals surface area contributed by atoms with Crippen molar-refractivity contribution in [3.63, 3.8) is 0 Å². The lowest BCUT2D eigenvalue weighted by molar-refractivity contribution is -0.116. The molecule has 1 aliphatic heterocycles. The van der Waals surface area contributed by atoms with Crippen molar-refractivity contribution in [1.29, 1.82) is 0 Å². The molecule has 27 heavy (non-hydrogen) atoms. The molecule has 0 aliphatic carbocycles. The molecule has 150 valence electrons. The van der Waals surface area contributed by atoms with Gasteiger partial charge in [-0.25, -0.2) is 13.2 Å². The fraction of sp³-hybridized carbons (Fsp3) is 0.556. The van der Waals surface area contributed by atoms with E-state index in [1.165, 1.54) is 4.31 Å². The van der Waals surface area contributed by atoms with Crippen molar-refractivity contribution in [3.05, 3.63) is 29.8 Å². The van der Waals surface area contributed by atoms with Gasteiger partial charge in [-0.3, -0.25) is 4.79 Å². The minimum Gasteiger partial charge on any atom is -0.462 e. The third kappa shape index (κ3) is 6.93. The van der Waals surface area contributed by atoms with E-state index in [1.54, 1.807) is 31.2 Å². The molecule has 0 spiro atoms. The van der Waals surface area contributed by atoms with Crippen LogP contribution in [0.3, 0.4) is 0 Å². The number of hydrogen-bond donors (Lipinski definition) is 1. The summed E-state index contributed by atoms with van der Waals surface area (Å²) in [5.74, 6) is -0.729. The summed E-state index contributed by atoms with van der Waals surface area (Å²) >= 11 is 0. The van der Waals surface area contributed by atoms with Gasteiger partial charge >= 0.3 is 5.97 Å². The average Bonchev–Trinajstić information content (AvgIpc) is 3.11. The highest BCUT2D eigenvalue weighted by atomic mass is 32.2. The van der Waals surface area contributed by atoms with E-state index < -0.39 is 16.0 Å². The van der Waals surface area contributed by atoms with Gasteiger partial charge < -0.3 is 14.8 Å². The summed E-state index contributed by atoms with van der Waals surface area (Å²) in [4.78, 5) is 23.8. The molecule has 1 saturated heterocycles. The van der Waals surface area contributed by atoms with E-state index in [2.05, 4.69) is 5.32 Å². The normalized spacial score (nSPS) is 17.1. The monoisotopic (exact) mass is 398 g/mol. The molecule has 1 heterocycles. The lowest BCUT2D eigenvalue weighted by atomic mass is 10.2. The highest BCUT2D eigenvalue weighted by Crippen LogP contribution is 2.16. The molecule has 8 nitrogen and oxygen atoms in total. The molecule has 0 saturated carbocycles. The molecule has 0 bridgehead atoms. The van der Waals surface area contributed by atoms with E-state index in [1.807, 2.05) is 0 Å². The first-order valence-electron chi connectivity index (χ1n) is 8.93. The van der Waals surface area contributed by atoms with Gasteiger partial charge in [0.25, 0.3) is 0 Å². The van der Waals surface area contributed by atoms with E-state index in [4.69, 9.17) is 9.47 Å². The Morgan fingerprint density at radius 2 is 2.00 bits per heavy atom. The van der Waals surface area contributed by atoms with Gasteiger partial charge in [-0.1, -0.05) is 0 Å². The summed E-state index contributed by atoms with van der Waals surface area (Å²) in [6.07, 6.45) is 2.79. The van der Waals surface area contributed by atoms with Crippen LogP contribution in [0.2, 0.25) is 0 Å². The Morgan fingerprint density at radius 1 is 1.30 bits per heavy atom. The fourth-order valence-electron chi connectivity index (χ4n) is 2.76. The Labute approximate surface area is 159 Å². The van der Waals surface area contributed by atoms with Crippen molar-refractivity contribution < 1.29 is 27.5 Å². The van der Waals surface area contributed by atoms with Crippen LogP contribution in [-0.4, -0.2) is 63.3 Å². The molecule has 2 rings (SSSR count). The molecule has 1 aromatic carbocycles. The van der Waals surface area contributed by atoms with E-state index in [0.717, 1.165) is 19.1 Å². The van der Waals surface area contributed by atoms with E-state index in [0.29, 0.717) is 24.5 Å². The highest BCUT2D eigenvalue weighted by molar-refractivity contribution is 7.88. The Bertz CT molecular complexity index is 742. The van der Waals surface area contributed by atoms with Crippen LogP contribution >= 0.6 is 0 Å². The van der Waals surface area contributed by atoms with Gasteiger partial charge in [0.2, 0.25) is 15.9 Å². The molecular weight excluding hydrogens is 372 g/mol. The number of sulfonamides is 1. The maximum absolute atomic E-state index is 12.1. The van der Waals surface area contributed by atoms with Crippen LogP contribution in [0.5, 0.6) is 0 Å². The van der Waals surface area contributed by atoms with Crippen molar-refractivity contribution in [2.24, 2.45) is 0 Å². The molecule has 1 aromatic rings. The maximum Gasteiger partial charge on any atom is 0.338 e. The molecule has 1 atom stereocenters. The minimum atomic E-state index is -3.42. The number of rotatable bonds is 9. The molecule has 9 heteroatoms. The minimum absolute atomic E-state index is 0.0272. The number of carbonyl (C=O) groups excluding carboxylic acids is 2. The molecule has 0 radical (unpaired) electrons. The Morgan fingerprint density at radius 3 is 2.56 bits per heavy atom. The zero-order chi connectivity index (χ0) is 19.9. The van der Waals surface area contributed by atoms with Crippen LogP contribution in [0.25, 0.3) is 0 Å². The van der Waals surface area contributed by atoms with Crippen molar-refractivity contribution in [2.45, 2.75) is 32.3 Å². The molecule has 0 aromatic heterocycles. The zero-order valence-corrected chi connectivity index (χ0v) is 16.5. The standard InChI is InChI=1S/C18H26N2O6S/c1-3-25-18(22)14-6-8-15(9-7-14)19-17(21)10-11-20(27(2,23)24)13-16-5-4-12-26-16/h6-9,16H,3-5,10-13H2,1-2H3,(H,19,21). The van der Waals surface area contributed by atoms with Crippen LogP contribution in [0, 0.1) is 0 Å². The largest absolute Gasteiger partial charge is 0.462 e. The van der Waals surface area contributed by atoms with Crippen LogP contribution < -0.4 is 5.32 Å². The Kier molecular flexibility index (Phi) is 7.76. The third-order valence-electron chi connectivity index (χ3n) is 4.17. The molecule has 1 N–H and O–H groups in total. The predicted molar refractivity (Wildman–Crippen MR) is 101 cm³/mol. The fourth-order valence-corrected chi connectivity index (χ4v) is 3.62.